The maximum Gasteiger partial charge on any atom is 0.246 e. The number of carbonyl (C=O) groups excluding carboxylic acids is 2. The molecule has 2 aliphatic rings. The van der Waals surface area contributed by atoms with E-state index < -0.39 is 6.04 Å². The average molecular weight is 292 g/mol. The van der Waals surface area contributed by atoms with Gasteiger partial charge in [-0.15, -0.1) is 11.3 Å². The number of rotatable bonds is 3. The molecule has 108 valence electrons. The van der Waals surface area contributed by atoms with Gasteiger partial charge in [-0.1, -0.05) is 0 Å². The zero-order valence-electron chi connectivity index (χ0n) is 12.1. The van der Waals surface area contributed by atoms with Crippen LogP contribution in [0.3, 0.4) is 0 Å². The topological polar surface area (TPSA) is 49.4 Å². The van der Waals surface area contributed by atoms with Crippen LogP contribution < -0.4 is 5.32 Å². The first-order chi connectivity index (χ1) is 9.49. The van der Waals surface area contributed by atoms with Gasteiger partial charge in [-0.3, -0.25) is 9.59 Å². The summed E-state index contributed by atoms with van der Waals surface area (Å²) in [5, 5.41) is 2.89. The third-order valence-electron chi connectivity index (χ3n) is 4.30. The number of hydrogen-bond acceptors (Lipinski definition) is 3. The first-order valence-electron chi connectivity index (χ1n) is 7.18. The van der Waals surface area contributed by atoms with Gasteiger partial charge < -0.3 is 10.2 Å². The van der Waals surface area contributed by atoms with Gasteiger partial charge in [0.2, 0.25) is 11.8 Å². The van der Waals surface area contributed by atoms with Crippen molar-refractivity contribution in [2.75, 3.05) is 0 Å². The lowest BCUT2D eigenvalue weighted by Gasteiger charge is -2.40. The smallest absolute Gasteiger partial charge is 0.246 e. The van der Waals surface area contributed by atoms with Crippen molar-refractivity contribution in [3.05, 3.63) is 21.9 Å². The van der Waals surface area contributed by atoms with E-state index in [0.29, 0.717) is 5.92 Å². The van der Waals surface area contributed by atoms with E-state index in [1.807, 2.05) is 13.8 Å². The van der Waals surface area contributed by atoms with Crippen molar-refractivity contribution in [1.82, 2.24) is 10.2 Å². The second-order valence-corrected chi connectivity index (χ2v) is 7.19. The summed E-state index contributed by atoms with van der Waals surface area (Å²) in [6.07, 6.45) is 2.09. The predicted molar refractivity (Wildman–Crippen MR) is 78.4 cm³/mol. The molecule has 5 heteroatoms. The molecule has 2 heterocycles. The Morgan fingerprint density at radius 2 is 2.05 bits per heavy atom. The molecule has 1 saturated carbocycles. The number of piperazine rings is 1. The van der Waals surface area contributed by atoms with Crippen LogP contribution in [0.4, 0.5) is 0 Å². The Labute approximate surface area is 123 Å². The summed E-state index contributed by atoms with van der Waals surface area (Å²) in [4.78, 5) is 29.0. The molecule has 1 aliphatic heterocycles. The van der Waals surface area contributed by atoms with Crippen molar-refractivity contribution < 1.29 is 9.59 Å². The summed E-state index contributed by atoms with van der Waals surface area (Å²) >= 11 is 1.69. The molecule has 1 aromatic heterocycles. The van der Waals surface area contributed by atoms with Crippen LogP contribution in [0, 0.1) is 12.8 Å². The minimum atomic E-state index is -0.394. The van der Waals surface area contributed by atoms with E-state index in [9.17, 15) is 9.59 Å². The van der Waals surface area contributed by atoms with Crippen LogP contribution >= 0.6 is 11.3 Å². The molecule has 3 unspecified atom stereocenters. The standard InChI is InChI=1S/C15H20N2O2S/c1-8-4-7-12(20-8)9(2)17-10(3)14(18)16-13(15(17)19)11-5-6-11/h4,7,9-11,13H,5-6H2,1-3H3,(H,16,18). The first-order valence-corrected chi connectivity index (χ1v) is 7.99. The molecule has 0 bridgehead atoms. The monoisotopic (exact) mass is 292 g/mol. The van der Waals surface area contributed by atoms with Crippen molar-refractivity contribution in [2.45, 2.75) is 51.7 Å². The summed E-state index contributed by atoms with van der Waals surface area (Å²) in [5.41, 5.74) is 0. The Morgan fingerprint density at radius 1 is 1.35 bits per heavy atom. The summed E-state index contributed by atoms with van der Waals surface area (Å²) in [7, 11) is 0. The van der Waals surface area contributed by atoms with Crippen molar-refractivity contribution >= 4 is 23.2 Å². The number of hydrogen-bond donors (Lipinski definition) is 1. The van der Waals surface area contributed by atoms with Gasteiger partial charge in [0.15, 0.2) is 0 Å². The molecule has 20 heavy (non-hydrogen) atoms. The van der Waals surface area contributed by atoms with Crippen molar-refractivity contribution in [3.63, 3.8) is 0 Å². The zero-order valence-corrected chi connectivity index (χ0v) is 12.9. The van der Waals surface area contributed by atoms with Crippen molar-refractivity contribution in [1.29, 1.82) is 0 Å². The minimum Gasteiger partial charge on any atom is -0.342 e. The van der Waals surface area contributed by atoms with Gasteiger partial charge in [0.05, 0.1) is 6.04 Å². The largest absolute Gasteiger partial charge is 0.342 e. The van der Waals surface area contributed by atoms with Crippen LogP contribution in [0.15, 0.2) is 12.1 Å². The zero-order chi connectivity index (χ0) is 14.4. The van der Waals surface area contributed by atoms with Gasteiger partial charge in [0, 0.05) is 9.75 Å². The van der Waals surface area contributed by atoms with Crippen molar-refractivity contribution in [3.8, 4) is 0 Å². The normalized spacial score (nSPS) is 28.4. The maximum atomic E-state index is 12.7. The van der Waals surface area contributed by atoms with Crippen LogP contribution in [0.25, 0.3) is 0 Å². The lowest BCUT2D eigenvalue weighted by Crippen LogP contribution is -2.63. The molecule has 1 aromatic rings. The molecular formula is C15H20N2O2S. The Kier molecular flexibility index (Phi) is 3.32. The highest BCUT2D eigenvalue weighted by Crippen LogP contribution is 2.37. The average Bonchev–Trinajstić information content (AvgIpc) is 3.15. The van der Waals surface area contributed by atoms with E-state index >= 15 is 0 Å². The second kappa shape index (κ2) is 4.88. The molecule has 0 radical (unpaired) electrons. The van der Waals surface area contributed by atoms with E-state index in [0.717, 1.165) is 17.7 Å². The van der Waals surface area contributed by atoms with Gasteiger partial charge in [-0.2, -0.15) is 0 Å². The number of aryl methyl sites for hydroxylation is 1. The van der Waals surface area contributed by atoms with Gasteiger partial charge >= 0.3 is 0 Å². The van der Waals surface area contributed by atoms with E-state index in [2.05, 4.69) is 24.4 Å². The highest BCUT2D eigenvalue weighted by Gasteiger charge is 2.47. The highest BCUT2D eigenvalue weighted by atomic mass is 32.1. The molecule has 1 N–H and O–H groups in total. The number of carbonyl (C=O) groups is 2. The molecular weight excluding hydrogens is 272 g/mol. The van der Waals surface area contributed by atoms with E-state index in [4.69, 9.17) is 0 Å². The molecule has 1 aliphatic carbocycles. The van der Waals surface area contributed by atoms with Crippen molar-refractivity contribution in [2.24, 2.45) is 5.92 Å². The SMILES string of the molecule is Cc1ccc(C(C)N2C(=O)C(C3CC3)NC(=O)C2C)s1. The van der Waals surface area contributed by atoms with Crippen LogP contribution in [-0.4, -0.2) is 28.8 Å². The molecule has 0 spiro atoms. The molecule has 3 atom stereocenters. The fraction of sp³-hybridized carbons (Fsp3) is 0.600. The maximum absolute atomic E-state index is 12.7. The van der Waals surface area contributed by atoms with Gasteiger partial charge in [0.1, 0.15) is 12.1 Å². The molecule has 1 saturated heterocycles. The van der Waals surface area contributed by atoms with E-state index in [1.165, 1.54) is 4.88 Å². The Bertz CT molecular complexity index is 550. The van der Waals surface area contributed by atoms with Gasteiger partial charge in [0.25, 0.3) is 0 Å². The molecule has 0 aromatic carbocycles. The van der Waals surface area contributed by atoms with Crippen LogP contribution in [0.1, 0.15) is 42.5 Å². The fourth-order valence-electron chi connectivity index (χ4n) is 2.90. The van der Waals surface area contributed by atoms with Gasteiger partial charge in [-0.25, -0.2) is 0 Å². The number of nitrogens with one attached hydrogen (secondary N) is 1. The Morgan fingerprint density at radius 3 is 2.60 bits per heavy atom. The highest BCUT2D eigenvalue weighted by molar-refractivity contribution is 7.12. The molecule has 2 fully saturated rings. The second-order valence-electron chi connectivity index (χ2n) is 5.87. The summed E-state index contributed by atoms with van der Waals surface area (Å²) in [6.45, 7) is 5.89. The summed E-state index contributed by atoms with van der Waals surface area (Å²) in [5.74, 6) is 0.401. The molecule has 2 amide bonds. The third-order valence-corrected chi connectivity index (χ3v) is 5.47. The summed E-state index contributed by atoms with van der Waals surface area (Å²) < 4.78 is 0. The van der Waals surface area contributed by atoms with Crippen LogP contribution in [0.5, 0.6) is 0 Å². The van der Waals surface area contributed by atoms with Crippen LogP contribution in [-0.2, 0) is 9.59 Å². The Hall–Kier alpha value is -1.36. The lowest BCUT2D eigenvalue weighted by molar-refractivity contribution is -0.151. The van der Waals surface area contributed by atoms with Gasteiger partial charge in [-0.05, 0) is 51.7 Å². The fourth-order valence-corrected chi connectivity index (χ4v) is 3.83. The first kappa shape index (κ1) is 13.6. The number of nitrogens with zero attached hydrogens (tertiary/aromatic N) is 1. The number of thiophene rings is 1. The van der Waals surface area contributed by atoms with Crippen LogP contribution in [0.2, 0.25) is 0 Å². The third kappa shape index (κ3) is 2.24. The van der Waals surface area contributed by atoms with E-state index in [1.54, 1.807) is 16.2 Å². The quantitative estimate of drug-likeness (QED) is 0.929. The van der Waals surface area contributed by atoms with E-state index in [-0.39, 0.29) is 23.9 Å². The minimum absolute atomic E-state index is 0.0263. The number of amides is 2. The summed E-state index contributed by atoms with van der Waals surface area (Å²) in [6, 6.07) is 3.39. The Balaban J connectivity index is 1.88. The molecule has 4 nitrogen and oxygen atoms in total. The lowest BCUT2D eigenvalue weighted by atomic mass is 10.0. The molecule has 3 rings (SSSR count). The predicted octanol–water partition coefficient (Wildman–Crippen LogP) is 2.24.